The number of nitrogens with zero attached hydrogens (tertiary/aromatic N) is 2. The number of alkyl carbamates (subject to hydrolysis) is 1. The van der Waals surface area contributed by atoms with Gasteiger partial charge in [-0.25, -0.2) is 18.2 Å². The zero-order chi connectivity index (χ0) is 40.2. The molecule has 304 valence electrons. The summed E-state index contributed by atoms with van der Waals surface area (Å²) in [5, 5.41) is 6.76. The molecule has 14 nitrogen and oxygen atoms in total. The molecule has 0 radical (unpaired) electrons. The highest BCUT2D eigenvalue weighted by atomic mass is 35.5. The molecule has 1 aromatic heterocycles. The first-order valence-electron chi connectivity index (χ1n) is 19.7. The molecule has 0 bridgehead atoms. The first-order chi connectivity index (χ1) is 26.4. The van der Waals surface area contributed by atoms with E-state index in [9.17, 15) is 27.6 Å². The van der Waals surface area contributed by atoms with Gasteiger partial charge in [-0.1, -0.05) is 43.7 Å². The van der Waals surface area contributed by atoms with Gasteiger partial charge in [-0.2, -0.15) is 0 Å². The number of carbonyl (C=O) groups excluding carboxylic acids is 4. The van der Waals surface area contributed by atoms with Crippen molar-refractivity contribution in [1.29, 1.82) is 0 Å². The molecular formula is C40H52ClN5O9S. The number of amides is 4. The van der Waals surface area contributed by atoms with Crippen molar-refractivity contribution in [2.24, 2.45) is 17.8 Å². The summed E-state index contributed by atoms with van der Waals surface area (Å²) in [5.74, 6) is -1.82. The highest BCUT2D eigenvalue weighted by molar-refractivity contribution is 7.91. The summed E-state index contributed by atoms with van der Waals surface area (Å²) in [5.41, 5.74) is -2.35. The summed E-state index contributed by atoms with van der Waals surface area (Å²) >= 11 is 6.67. The molecule has 2 aliphatic heterocycles. The molecule has 7 rings (SSSR count). The molecule has 1 aromatic carbocycles. The monoisotopic (exact) mass is 813 g/mol. The van der Waals surface area contributed by atoms with Gasteiger partial charge in [0.1, 0.15) is 35.1 Å². The smallest absolute Gasteiger partial charge is 0.408 e. The van der Waals surface area contributed by atoms with Gasteiger partial charge in [0.15, 0.2) is 0 Å². The van der Waals surface area contributed by atoms with E-state index in [0.29, 0.717) is 47.2 Å². The molecule has 3 saturated carbocycles. The molecule has 0 spiro atoms. The summed E-state index contributed by atoms with van der Waals surface area (Å²) < 4.78 is 46.2. The number of hydrogen-bond acceptors (Lipinski definition) is 10. The Kier molecular flexibility index (Phi) is 11.0. The van der Waals surface area contributed by atoms with Crippen molar-refractivity contribution in [3.8, 4) is 11.6 Å². The summed E-state index contributed by atoms with van der Waals surface area (Å²) in [4.78, 5) is 62.3. The van der Waals surface area contributed by atoms with Crippen LogP contribution in [-0.4, -0.2) is 89.3 Å². The molecule has 0 unspecified atom stereocenters. The molecule has 3 N–H and O–H groups in total. The number of rotatable bonds is 8. The lowest BCUT2D eigenvalue weighted by molar-refractivity contribution is -0.142. The summed E-state index contributed by atoms with van der Waals surface area (Å²) in [6, 6.07) is 3.14. The number of carbonyl (C=O) groups is 4. The summed E-state index contributed by atoms with van der Waals surface area (Å²) in [6.07, 6.45) is 9.03. The second-order valence-corrected chi connectivity index (χ2v) is 19.7. The molecule has 2 aromatic rings. The van der Waals surface area contributed by atoms with Crippen molar-refractivity contribution in [3.05, 3.63) is 41.6 Å². The predicted molar refractivity (Wildman–Crippen MR) is 208 cm³/mol. The van der Waals surface area contributed by atoms with Gasteiger partial charge in [-0.05, 0) is 96.1 Å². The van der Waals surface area contributed by atoms with Crippen LogP contribution in [0.15, 0.2) is 36.5 Å². The highest BCUT2D eigenvalue weighted by Gasteiger charge is 2.62. The molecule has 3 heterocycles. The van der Waals surface area contributed by atoms with Gasteiger partial charge < -0.3 is 29.7 Å². The maximum absolute atomic E-state index is 14.8. The number of allylic oxidation sites excluding steroid dienone is 1. The molecule has 4 fully saturated rings. The number of halogens is 1. The maximum atomic E-state index is 14.8. The van der Waals surface area contributed by atoms with Crippen LogP contribution < -0.4 is 24.8 Å². The Morgan fingerprint density at radius 1 is 1.04 bits per heavy atom. The first kappa shape index (κ1) is 40.1. The van der Waals surface area contributed by atoms with Crippen LogP contribution in [0.25, 0.3) is 10.8 Å². The lowest BCUT2D eigenvalue weighted by Gasteiger charge is -2.33. The number of pyridine rings is 1. The van der Waals surface area contributed by atoms with Crippen LogP contribution in [0.1, 0.15) is 92.4 Å². The van der Waals surface area contributed by atoms with Gasteiger partial charge in [0.2, 0.25) is 27.7 Å². The van der Waals surface area contributed by atoms with Crippen molar-refractivity contribution in [2.45, 2.75) is 133 Å². The van der Waals surface area contributed by atoms with Gasteiger partial charge in [0.05, 0.1) is 29.1 Å². The Morgan fingerprint density at radius 2 is 1.79 bits per heavy atom. The summed E-state index contributed by atoms with van der Waals surface area (Å²) in [6.45, 7) is 9.12. The number of aromatic nitrogens is 1. The van der Waals surface area contributed by atoms with Crippen LogP contribution in [-0.2, 0) is 29.1 Å². The van der Waals surface area contributed by atoms with Gasteiger partial charge in [0.25, 0.3) is 5.91 Å². The fraction of sp³-hybridized carbons (Fsp3) is 0.625. The van der Waals surface area contributed by atoms with E-state index in [2.05, 4.69) is 27.3 Å². The minimum absolute atomic E-state index is 0.0180. The maximum Gasteiger partial charge on any atom is 0.408 e. The third-order valence-corrected chi connectivity index (χ3v) is 13.3. The number of benzene rings is 1. The number of nitrogens with one attached hydrogen (secondary N) is 3. The number of hydrogen-bond donors (Lipinski definition) is 3. The number of sulfonamides is 1. The van der Waals surface area contributed by atoms with E-state index in [4.69, 9.17) is 25.8 Å². The molecule has 7 atom stereocenters. The molecule has 1 saturated heterocycles. The minimum Gasteiger partial charge on any atom is -0.488 e. The highest BCUT2D eigenvalue weighted by Crippen LogP contribution is 2.46. The largest absolute Gasteiger partial charge is 0.488 e. The molecule has 5 aliphatic rings. The Morgan fingerprint density at radius 3 is 2.48 bits per heavy atom. The second-order valence-electron chi connectivity index (χ2n) is 17.3. The van der Waals surface area contributed by atoms with Gasteiger partial charge in [-0.15, -0.1) is 0 Å². The van der Waals surface area contributed by atoms with Crippen LogP contribution in [0.5, 0.6) is 11.6 Å². The Labute approximate surface area is 332 Å². The first-order valence-corrected chi connectivity index (χ1v) is 21.6. The van der Waals surface area contributed by atoms with Crippen LogP contribution in [0.4, 0.5) is 4.79 Å². The Balaban J connectivity index is 1.22. The van der Waals surface area contributed by atoms with Gasteiger partial charge in [0, 0.05) is 23.1 Å². The quantitative estimate of drug-likeness (QED) is 0.301. The number of ether oxygens (including phenoxy) is 3. The zero-order valence-electron chi connectivity index (χ0n) is 32.5. The molecule has 16 heteroatoms. The minimum atomic E-state index is -3.91. The van der Waals surface area contributed by atoms with Crippen molar-refractivity contribution in [1.82, 2.24) is 25.2 Å². The fourth-order valence-corrected chi connectivity index (χ4v) is 9.47. The lowest BCUT2D eigenvalue weighted by Crippen LogP contribution is -2.59. The van der Waals surface area contributed by atoms with Crippen molar-refractivity contribution in [2.75, 3.05) is 6.54 Å². The Bertz CT molecular complexity index is 2030. The average molecular weight is 814 g/mol. The van der Waals surface area contributed by atoms with Crippen molar-refractivity contribution in [3.63, 3.8) is 0 Å². The predicted octanol–water partition coefficient (Wildman–Crippen LogP) is 5.17. The molecular weight excluding hydrogens is 762 g/mol. The molecule has 3 aliphatic carbocycles. The van der Waals surface area contributed by atoms with E-state index in [1.165, 1.54) is 4.90 Å². The zero-order valence-corrected chi connectivity index (χ0v) is 34.1. The van der Waals surface area contributed by atoms with E-state index >= 15 is 0 Å². The summed E-state index contributed by atoms with van der Waals surface area (Å²) in [7, 11) is -3.91. The van der Waals surface area contributed by atoms with E-state index in [1.807, 2.05) is 25.1 Å². The van der Waals surface area contributed by atoms with E-state index in [0.717, 1.165) is 19.3 Å². The van der Waals surface area contributed by atoms with Crippen LogP contribution in [0.3, 0.4) is 0 Å². The van der Waals surface area contributed by atoms with Gasteiger partial charge in [-0.3, -0.25) is 19.1 Å². The SMILES string of the molecule is C[C@H]1CC/C=C\[C@@H]2C[C@@]2(C(=O)NS(=O)(=O)C2CC2)NC(=O)[C@@H]2C[C@@H](Oc3ncc(OC4CC4)c4c(Cl)cccc34)CN2C(=O)[C@@H](NC(=O)OC(C)(C)C)[C@H](C)C1. The standard InChI is InChI=1S/C40H52ClN5O9S/c1-22-9-6-7-10-24-19-40(24,37(49)45-56(51,52)27-15-16-27)44-34(47)30-18-26(21-46(30)36(48)33(23(2)17-22)43-38(50)55-39(3,4)5)54-35-28-11-8-12-29(41)32(28)31(20-42-35)53-25-13-14-25/h7-8,10-12,20,22-27,30,33H,6,9,13-19,21H2,1-5H3,(H,43,50)(H,44,47)(H,45,49)/b10-7-/t22-,23+,24+,26+,30-,33-,40+/m0/s1. The fourth-order valence-electron chi connectivity index (χ4n) is 7.84. The van der Waals surface area contributed by atoms with Gasteiger partial charge >= 0.3 is 6.09 Å². The molecule has 56 heavy (non-hydrogen) atoms. The topological polar surface area (TPSA) is 182 Å². The van der Waals surface area contributed by atoms with E-state index in [-0.39, 0.29) is 43.2 Å². The van der Waals surface area contributed by atoms with E-state index in [1.54, 1.807) is 39.1 Å². The number of fused-ring (bicyclic) bond motifs is 3. The third-order valence-electron chi connectivity index (χ3n) is 11.2. The van der Waals surface area contributed by atoms with Crippen LogP contribution >= 0.6 is 11.6 Å². The van der Waals surface area contributed by atoms with Crippen LogP contribution in [0, 0.1) is 17.8 Å². The average Bonchev–Trinajstić information content (AvgIpc) is 4.01. The van der Waals surface area contributed by atoms with Crippen molar-refractivity contribution >= 4 is 56.2 Å². The molecule has 4 amide bonds. The van der Waals surface area contributed by atoms with Crippen LogP contribution in [0.2, 0.25) is 5.02 Å². The normalized spacial score (nSPS) is 30.5. The Hall–Kier alpha value is -4.11. The lowest BCUT2D eigenvalue weighted by atomic mass is 9.88. The van der Waals surface area contributed by atoms with E-state index < -0.39 is 74.3 Å². The second kappa shape index (κ2) is 15.3. The third kappa shape index (κ3) is 8.88. The van der Waals surface area contributed by atoms with Crippen molar-refractivity contribution < 1.29 is 41.8 Å².